The summed E-state index contributed by atoms with van der Waals surface area (Å²) in [6.07, 6.45) is 2.35. The Balaban J connectivity index is 0. The van der Waals surface area contributed by atoms with Crippen LogP contribution in [0.5, 0.6) is 0 Å². The first kappa shape index (κ1) is 15.7. The summed E-state index contributed by atoms with van der Waals surface area (Å²) in [5.41, 5.74) is 0. The highest BCUT2D eigenvalue weighted by Gasteiger charge is 1.84. The zero-order valence-corrected chi connectivity index (χ0v) is 10.4. The zero-order chi connectivity index (χ0) is 11.4. The highest BCUT2D eigenvalue weighted by atomic mass is 32.1. The quantitative estimate of drug-likeness (QED) is 0.773. The van der Waals surface area contributed by atoms with E-state index in [4.69, 9.17) is 0 Å². The van der Waals surface area contributed by atoms with Crippen molar-refractivity contribution in [2.75, 3.05) is 7.05 Å². The Labute approximate surface area is 90.6 Å². The van der Waals surface area contributed by atoms with E-state index < -0.39 is 0 Å². The lowest BCUT2D eigenvalue weighted by Gasteiger charge is -1.95. The summed E-state index contributed by atoms with van der Waals surface area (Å²) < 4.78 is 0. The Kier molecular flexibility index (Phi) is 13.8. The Hall–Kier alpha value is -0.740. The van der Waals surface area contributed by atoms with Crippen LogP contribution >= 0.6 is 11.3 Å². The molecule has 1 aromatic rings. The number of rotatable bonds is 2. The molecule has 0 fully saturated rings. The largest absolute Gasteiger partial charge is 0.318 e. The molecule has 4 heteroatoms. The monoisotopic (exact) mass is 216 g/mol. The molecule has 0 spiro atoms. The lowest BCUT2D eigenvalue weighted by atomic mass is 10.4. The average Bonchev–Trinajstić information content (AvgIpc) is 2.74. The van der Waals surface area contributed by atoms with Gasteiger partial charge in [-0.1, -0.05) is 27.7 Å². The van der Waals surface area contributed by atoms with E-state index in [9.17, 15) is 4.79 Å². The molecular formula is C10H20N2OS. The summed E-state index contributed by atoms with van der Waals surface area (Å²) in [5, 5.41) is 5.34. The van der Waals surface area contributed by atoms with Crippen LogP contribution in [-0.2, 0) is 0 Å². The van der Waals surface area contributed by atoms with Gasteiger partial charge >= 0.3 is 0 Å². The number of hydrogen-bond acceptors (Lipinski definition) is 4. The molecule has 3 nitrogen and oxygen atoms in total. The second-order valence-electron chi connectivity index (χ2n) is 2.43. The minimum atomic E-state index is 0.542. The molecule has 1 heterocycles. The smallest absolute Gasteiger partial charge is 0.178 e. The highest BCUT2D eigenvalue weighted by molar-refractivity contribution is 7.11. The zero-order valence-electron chi connectivity index (χ0n) is 9.57. The van der Waals surface area contributed by atoms with Crippen LogP contribution in [0.15, 0.2) is 11.6 Å². The van der Waals surface area contributed by atoms with Crippen LogP contribution in [0.25, 0.3) is 0 Å². The van der Waals surface area contributed by atoms with E-state index in [0.29, 0.717) is 11.0 Å². The van der Waals surface area contributed by atoms with Gasteiger partial charge in [0.05, 0.1) is 0 Å². The van der Waals surface area contributed by atoms with Crippen molar-refractivity contribution >= 4 is 17.6 Å². The molecule has 0 saturated heterocycles. The second kappa shape index (κ2) is 12.3. The summed E-state index contributed by atoms with van der Waals surface area (Å²) in [5.74, 6) is 0. The standard InChI is InChI=1S/C4H3NOS.C4H11N.C2H6/c6-3-4-5-1-2-7-4;1-4(2)5-3;1-2/h1-3H;4-5H,1-3H3;1-2H3. The number of nitrogens with zero attached hydrogens (tertiary/aromatic N) is 1. The molecule has 0 radical (unpaired) electrons. The topological polar surface area (TPSA) is 42.0 Å². The van der Waals surface area contributed by atoms with Crippen LogP contribution in [0.4, 0.5) is 0 Å². The van der Waals surface area contributed by atoms with Gasteiger partial charge in [-0.25, -0.2) is 4.98 Å². The molecule has 0 aliphatic carbocycles. The van der Waals surface area contributed by atoms with Gasteiger partial charge in [0.15, 0.2) is 11.3 Å². The van der Waals surface area contributed by atoms with Crippen LogP contribution in [-0.4, -0.2) is 24.4 Å². The van der Waals surface area contributed by atoms with Gasteiger partial charge in [-0.2, -0.15) is 0 Å². The first-order valence-corrected chi connectivity index (χ1v) is 5.60. The third-order valence-electron chi connectivity index (χ3n) is 1.13. The van der Waals surface area contributed by atoms with Crippen molar-refractivity contribution in [1.29, 1.82) is 0 Å². The molecule has 0 saturated carbocycles. The van der Waals surface area contributed by atoms with Crippen LogP contribution in [0, 0.1) is 0 Å². The normalized spacial score (nSPS) is 8.14. The molecule has 82 valence electrons. The van der Waals surface area contributed by atoms with E-state index in [0.717, 1.165) is 6.29 Å². The van der Waals surface area contributed by atoms with Crippen LogP contribution < -0.4 is 5.32 Å². The maximum atomic E-state index is 9.82. The van der Waals surface area contributed by atoms with Crippen LogP contribution in [0.2, 0.25) is 0 Å². The van der Waals surface area contributed by atoms with Gasteiger partial charge in [-0.3, -0.25) is 4.79 Å². The number of aldehydes is 1. The van der Waals surface area contributed by atoms with Crippen molar-refractivity contribution in [3.63, 3.8) is 0 Å². The summed E-state index contributed by atoms with van der Waals surface area (Å²) in [6.45, 7) is 8.22. The first-order chi connectivity index (χ1) is 6.70. The fourth-order valence-electron chi connectivity index (χ4n) is 0.293. The third-order valence-corrected chi connectivity index (χ3v) is 1.83. The van der Waals surface area contributed by atoms with E-state index in [1.54, 1.807) is 11.6 Å². The molecule has 1 N–H and O–H groups in total. The third kappa shape index (κ3) is 11.3. The van der Waals surface area contributed by atoms with E-state index in [-0.39, 0.29) is 0 Å². The molecule has 0 aliphatic rings. The summed E-state index contributed by atoms with van der Waals surface area (Å²) >= 11 is 1.34. The molecule has 0 bridgehead atoms. The average molecular weight is 216 g/mol. The Morgan fingerprint density at radius 2 is 2.00 bits per heavy atom. The second-order valence-corrected chi connectivity index (χ2v) is 3.36. The lowest BCUT2D eigenvalue weighted by molar-refractivity contribution is 0.112. The summed E-state index contributed by atoms with van der Waals surface area (Å²) in [7, 11) is 1.95. The van der Waals surface area contributed by atoms with Gasteiger partial charge in [0.1, 0.15) is 0 Å². The Morgan fingerprint density at radius 3 is 2.14 bits per heavy atom. The van der Waals surface area contributed by atoms with E-state index in [1.165, 1.54) is 11.3 Å². The van der Waals surface area contributed by atoms with Gasteiger partial charge in [0.25, 0.3) is 0 Å². The number of hydrogen-bond donors (Lipinski definition) is 1. The highest BCUT2D eigenvalue weighted by Crippen LogP contribution is 1.97. The van der Waals surface area contributed by atoms with Gasteiger partial charge in [-0.05, 0) is 7.05 Å². The Morgan fingerprint density at radius 1 is 1.50 bits per heavy atom. The number of carbonyl (C=O) groups is 1. The predicted octanol–water partition coefficient (Wildman–Crippen LogP) is 2.60. The Bertz CT molecular complexity index is 198. The number of aromatic nitrogens is 1. The molecule has 1 rings (SSSR count). The fourth-order valence-corrected chi connectivity index (χ4v) is 0.731. The minimum Gasteiger partial charge on any atom is -0.318 e. The fraction of sp³-hybridized carbons (Fsp3) is 0.600. The van der Waals surface area contributed by atoms with Gasteiger partial charge in [0, 0.05) is 17.6 Å². The molecule has 0 amide bonds. The van der Waals surface area contributed by atoms with Crippen molar-refractivity contribution in [3.8, 4) is 0 Å². The predicted molar refractivity (Wildman–Crippen MR) is 63.0 cm³/mol. The summed E-state index contributed by atoms with van der Waals surface area (Å²) in [4.78, 5) is 13.5. The number of carbonyl (C=O) groups excluding carboxylic acids is 1. The van der Waals surface area contributed by atoms with Crippen molar-refractivity contribution in [2.24, 2.45) is 0 Å². The van der Waals surface area contributed by atoms with Crippen molar-refractivity contribution < 1.29 is 4.79 Å². The maximum Gasteiger partial charge on any atom is 0.178 e. The van der Waals surface area contributed by atoms with Crippen LogP contribution in [0.3, 0.4) is 0 Å². The molecule has 0 atom stereocenters. The van der Waals surface area contributed by atoms with Crippen molar-refractivity contribution in [3.05, 3.63) is 16.6 Å². The van der Waals surface area contributed by atoms with Gasteiger partial charge in [0.2, 0.25) is 0 Å². The van der Waals surface area contributed by atoms with Gasteiger partial charge in [-0.15, -0.1) is 11.3 Å². The molecular weight excluding hydrogens is 196 g/mol. The number of nitrogens with one attached hydrogen (secondary N) is 1. The molecule has 0 aliphatic heterocycles. The van der Waals surface area contributed by atoms with E-state index >= 15 is 0 Å². The van der Waals surface area contributed by atoms with Crippen LogP contribution in [0.1, 0.15) is 37.5 Å². The van der Waals surface area contributed by atoms with E-state index in [1.807, 2.05) is 20.9 Å². The van der Waals surface area contributed by atoms with E-state index in [2.05, 4.69) is 24.1 Å². The minimum absolute atomic E-state index is 0.542. The molecule has 0 aromatic carbocycles. The molecule has 14 heavy (non-hydrogen) atoms. The number of thiazole rings is 1. The molecule has 1 aromatic heterocycles. The lowest BCUT2D eigenvalue weighted by Crippen LogP contribution is -2.15. The van der Waals surface area contributed by atoms with Crippen molar-refractivity contribution in [2.45, 2.75) is 33.7 Å². The summed E-state index contributed by atoms with van der Waals surface area (Å²) in [6, 6.07) is 0.634. The first-order valence-electron chi connectivity index (χ1n) is 4.72. The SMILES string of the molecule is CC.CNC(C)C.O=Cc1nccs1. The maximum absolute atomic E-state index is 9.82. The molecule has 0 unspecified atom stereocenters. The van der Waals surface area contributed by atoms with Crippen molar-refractivity contribution in [1.82, 2.24) is 10.3 Å². The van der Waals surface area contributed by atoms with Gasteiger partial charge < -0.3 is 5.32 Å².